The quantitative estimate of drug-likeness (QED) is 0.849. The Balaban J connectivity index is 1.64. The molecule has 128 valence electrons. The molecule has 0 radical (unpaired) electrons. The van der Waals surface area contributed by atoms with Gasteiger partial charge in [-0.1, -0.05) is 48.5 Å². The van der Waals surface area contributed by atoms with Gasteiger partial charge in [0.1, 0.15) is 12.4 Å². The summed E-state index contributed by atoms with van der Waals surface area (Å²) < 4.78 is 11.7. The number of nitrogens with one attached hydrogen (secondary N) is 1. The zero-order valence-electron chi connectivity index (χ0n) is 14.6. The Morgan fingerprint density at radius 3 is 2.67 bits per heavy atom. The van der Waals surface area contributed by atoms with Crippen molar-refractivity contribution in [2.45, 2.75) is 51.5 Å². The predicted octanol–water partition coefficient (Wildman–Crippen LogP) is 4.48. The number of para-hydroxylation sites is 1. The topological polar surface area (TPSA) is 30.5 Å². The molecule has 0 saturated carbocycles. The van der Waals surface area contributed by atoms with Crippen molar-refractivity contribution in [3.05, 3.63) is 65.7 Å². The molecule has 1 heterocycles. The van der Waals surface area contributed by atoms with Crippen molar-refractivity contribution in [3.63, 3.8) is 0 Å². The van der Waals surface area contributed by atoms with Crippen LogP contribution in [0.5, 0.6) is 5.75 Å². The second-order valence-electron chi connectivity index (χ2n) is 6.60. The first-order valence-corrected chi connectivity index (χ1v) is 8.85. The summed E-state index contributed by atoms with van der Waals surface area (Å²) in [6.45, 7) is 5.80. The van der Waals surface area contributed by atoms with Gasteiger partial charge >= 0.3 is 0 Å². The Morgan fingerprint density at radius 1 is 1.12 bits per heavy atom. The van der Waals surface area contributed by atoms with Gasteiger partial charge < -0.3 is 14.8 Å². The highest BCUT2D eigenvalue weighted by molar-refractivity contribution is 5.36. The number of hydrogen-bond donors (Lipinski definition) is 1. The molecule has 1 aliphatic rings. The molecule has 1 aliphatic heterocycles. The van der Waals surface area contributed by atoms with Crippen LogP contribution >= 0.6 is 0 Å². The molecule has 3 heteroatoms. The van der Waals surface area contributed by atoms with Gasteiger partial charge in [-0.2, -0.15) is 0 Å². The van der Waals surface area contributed by atoms with E-state index in [2.05, 4.69) is 49.5 Å². The Hall–Kier alpha value is -1.84. The Labute approximate surface area is 145 Å². The smallest absolute Gasteiger partial charge is 0.124 e. The minimum Gasteiger partial charge on any atom is -0.489 e. The molecule has 0 aromatic heterocycles. The van der Waals surface area contributed by atoms with Crippen molar-refractivity contribution in [2.24, 2.45) is 0 Å². The number of benzene rings is 2. The van der Waals surface area contributed by atoms with Crippen LogP contribution in [0.2, 0.25) is 0 Å². The van der Waals surface area contributed by atoms with E-state index in [1.165, 1.54) is 11.1 Å². The fourth-order valence-corrected chi connectivity index (χ4v) is 3.30. The highest BCUT2D eigenvalue weighted by Gasteiger charge is 2.22. The lowest BCUT2D eigenvalue weighted by Crippen LogP contribution is -2.39. The maximum Gasteiger partial charge on any atom is 0.124 e. The van der Waals surface area contributed by atoms with Gasteiger partial charge in [-0.3, -0.25) is 0 Å². The molecular weight excluding hydrogens is 298 g/mol. The highest BCUT2D eigenvalue weighted by Crippen LogP contribution is 2.27. The molecule has 0 bridgehead atoms. The summed E-state index contributed by atoms with van der Waals surface area (Å²) in [6, 6.07) is 19.4. The minimum atomic E-state index is 0.257. The van der Waals surface area contributed by atoms with Gasteiger partial charge in [0.05, 0.1) is 6.10 Å². The van der Waals surface area contributed by atoms with Crippen LogP contribution in [0.3, 0.4) is 0 Å². The largest absolute Gasteiger partial charge is 0.489 e. The summed E-state index contributed by atoms with van der Waals surface area (Å²) in [4.78, 5) is 0. The molecule has 3 nitrogen and oxygen atoms in total. The van der Waals surface area contributed by atoms with Crippen LogP contribution in [0.4, 0.5) is 0 Å². The summed E-state index contributed by atoms with van der Waals surface area (Å²) in [5, 5.41) is 3.74. The fourth-order valence-electron chi connectivity index (χ4n) is 3.30. The summed E-state index contributed by atoms with van der Waals surface area (Å²) in [5.41, 5.74) is 2.40. The van der Waals surface area contributed by atoms with E-state index in [9.17, 15) is 0 Å². The average Bonchev–Trinajstić information content (AvgIpc) is 2.61. The third-order valence-corrected chi connectivity index (χ3v) is 4.59. The molecule has 0 unspecified atom stereocenters. The van der Waals surface area contributed by atoms with E-state index >= 15 is 0 Å². The number of ether oxygens (including phenoxy) is 2. The Morgan fingerprint density at radius 2 is 1.88 bits per heavy atom. The lowest BCUT2D eigenvalue weighted by Gasteiger charge is -2.31. The van der Waals surface area contributed by atoms with Crippen molar-refractivity contribution < 1.29 is 9.47 Å². The third-order valence-electron chi connectivity index (χ3n) is 4.59. The molecule has 1 fully saturated rings. The first-order valence-electron chi connectivity index (χ1n) is 8.85. The van der Waals surface area contributed by atoms with Crippen molar-refractivity contribution in [2.75, 3.05) is 6.61 Å². The fraction of sp³-hybridized carbons (Fsp3) is 0.429. The number of hydrogen-bond acceptors (Lipinski definition) is 3. The normalized spacial score (nSPS) is 22.1. The molecule has 0 spiro atoms. The van der Waals surface area contributed by atoms with E-state index in [0.717, 1.165) is 25.2 Å². The van der Waals surface area contributed by atoms with E-state index in [1.807, 2.05) is 24.3 Å². The second kappa shape index (κ2) is 8.32. The lowest BCUT2D eigenvalue weighted by molar-refractivity contribution is 0.0115. The Bertz CT molecular complexity index is 629. The van der Waals surface area contributed by atoms with Gasteiger partial charge in [0, 0.05) is 24.3 Å². The van der Waals surface area contributed by atoms with Crippen molar-refractivity contribution in [1.82, 2.24) is 5.32 Å². The third kappa shape index (κ3) is 4.59. The minimum absolute atomic E-state index is 0.257. The van der Waals surface area contributed by atoms with Crippen LogP contribution in [-0.4, -0.2) is 18.8 Å². The van der Waals surface area contributed by atoms with Gasteiger partial charge in [0.2, 0.25) is 0 Å². The Kier molecular flexibility index (Phi) is 5.89. The molecule has 2 aromatic carbocycles. The molecule has 2 aromatic rings. The first kappa shape index (κ1) is 17.0. The van der Waals surface area contributed by atoms with Crippen LogP contribution in [0.15, 0.2) is 54.6 Å². The molecule has 0 amide bonds. The highest BCUT2D eigenvalue weighted by atomic mass is 16.5. The van der Waals surface area contributed by atoms with Crippen LogP contribution in [-0.2, 0) is 11.3 Å². The van der Waals surface area contributed by atoms with Crippen LogP contribution < -0.4 is 10.1 Å². The van der Waals surface area contributed by atoms with Gasteiger partial charge in [-0.25, -0.2) is 0 Å². The lowest BCUT2D eigenvalue weighted by atomic mass is 10.0. The van der Waals surface area contributed by atoms with Crippen molar-refractivity contribution >= 4 is 0 Å². The second-order valence-corrected chi connectivity index (χ2v) is 6.60. The number of rotatable bonds is 6. The van der Waals surface area contributed by atoms with E-state index < -0.39 is 0 Å². The molecule has 0 aliphatic carbocycles. The van der Waals surface area contributed by atoms with Gasteiger partial charge in [-0.15, -0.1) is 0 Å². The zero-order chi connectivity index (χ0) is 16.8. The monoisotopic (exact) mass is 325 g/mol. The maximum atomic E-state index is 6.09. The van der Waals surface area contributed by atoms with E-state index in [-0.39, 0.29) is 6.04 Å². The molecular formula is C21H27NO2. The van der Waals surface area contributed by atoms with Gasteiger partial charge in [0.25, 0.3) is 0 Å². The molecule has 24 heavy (non-hydrogen) atoms. The summed E-state index contributed by atoms with van der Waals surface area (Å²) >= 11 is 0. The van der Waals surface area contributed by atoms with Gasteiger partial charge in [-0.05, 0) is 38.3 Å². The first-order chi connectivity index (χ1) is 11.7. The summed E-state index contributed by atoms with van der Waals surface area (Å²) in [5.74, 6) is 0.960. The van der Waals surface area contributed by atoms with Crippen molar-refractivity contribution in [3.8, 4) is 5.75 Å². The van der Waals surface area contributed by atoms with Crippen LogP contribution in [0.1, 0.15) is 43.9 Å². The average molecular weight is 325 g/mol. The van der Waals surface area contributed by atoms with E-state index in [1.54, 1.807) is 0 Å². The summed E-state index contributed by atoms with van der Waals surface area (Å²) in [6.07, 6.45) is 2.48. The summed E-state index contributed by atoms with van der Waals surface area (Å²) in [7, 11) is 0. The van der Waals surface area contributed by atoms with Gasteiger partial charge in [0.15, 0.2) is 0 Å². The van der Waals surface area contributed by atoms with Crippen LogP contribution in [0, 0.1) is 0 Å². The van der Waals surface area contributed by atoms with E-state index in [4.69, 9.17) is 9.47 Å². The SMILES string of the molecule is C[C@@H]1C[C@H](N[C@H](C)c2ccccc2OCc2ccccc2)CCO1. The molecule has 1 N–H and O–H groups in total. The standard InChI is InChI=1S/C21H27NO2/c1-16-14-19(12-13-23-16)22-17(2)20-10-6-7-11-21(20)24-15-18-8-4-3-5-9-18/h3-11,16-17,19,22H,12-15H2,1-2H3/t16-,17-,19-/m1/s1. The van der Waals surface area contributed by atoms with E-state index in [0.29, 0.717) is 18.8 Å². The molecule has 1 saturated heterocycles. The maximum absolute atomic E-state index is 6.09. The van der Waals surface area contributed by atoms with Crippen molar-refractivity contribution in [1.29, 1.82) is 0 Å². The zero-order valence-corrected chi connectivity index (χ0v) is 14.6. The predicted molar refractivity (Wildman–Crippen MR) is 97.2 cm³/mol. The molecule has 3 atom stereocenters. The molecule has 3 rings (SSSR count). The van der Waals surface area contributed by atoms with Crippen LogP contribution in [0.25, 0.3) is 0 Å².